The van der Waals surface area contributed by atoms with Gasteiger partial charge in [0.1, 0.15) is 0 Å². The molecule has 206 valence electrons. The average molecular weight is 516 g/mol. The molecule has 1 aromatic rings. The molecule has 1 amide bonds. The van der Waals surface area contributed by atoms with Gasteiger partial charge in [-0.05, 0) is 82.3 Å². The summed E-state index contributed by atoms with van der Waals surface area (Å²) in [6.45, 7) is 8.97. The first-order valence-electron chi connectivity index (χ1n) is 14.6. The summed E-state index contributed by atoms with van der Waals surface area (Å²) in [7, 11) is 0. The number of aliphatic imine (C=N–C) groups is 1. The number of unbranched alkanes of at least 4 members (excludes halogenated alkanes) is 1. The third kappa shape index (κ3) is 13.5. The van der Waals surface area contributed by atoms with Crippen LogP contribution in [0, 0.1) is 11.8 Å². The van der Waals surface area contributed by atoms with E-state index in [1.165, 1.54) is 0 Å². The lowest BCUT2D eigenvalue weighted by molar-refractivity contribution is -0.133. The topological polar surface area (TPSA) is 45.6 Å². The smallest absolute Gasteiger partial charge is 0.222 e. The van der Waals surface area contributed by atoms with Crippen molar-refractivity contribution in [3.05, 3.63) is 90.9 Å². The Labute approximate surface area is 232 Å². The summed E-state index contributed by atoms with van der Waals surface area (Å²) in [5.41, 5.74) is 1.94. The van der Waals surface area contributed by atoms with Crippen LogP contribution in [0.1, 0.15) is 84.3 Å². The number of piperidine rings is 1. The molecular weight excluding hydrogens is 466 g/mol. The number of amides is 1. The number of hydrogen-bond acceptors (Lipinski definition) is 3. The van der Waals surface area contributed by atoms with Gasteiger partial charge < -0.3 is 4.90 Å². The van der Waals surface area contributed by atoms with Crippen molar-refractivity contribution in [2.45, 2.75) is 78.6 Å². The number of pyridine rings is 1. The first-order valence-corrected chi connectivity index (χ1v) is 14.6. The molecule has 0 spiro atoms. The Kier molecular flexibility index (Phi) is 16.4. The van der Waals surface area contributed by atoms with E-state index in [4.69, 9.17) is 4.99 Å². The Bertz CT molecular complexity index is 955. The first-order chi connectivity index (χ1) is 18.6. The van der Waals surface area contributed by atoms with Crippen molar-refractivity contribution in [3.63, 3.8) is 0 Å². The Balaban J connectivity index is 1.53. The fourth-order valence-electron chi connectivity index (χ4n) is 4.50. The van der Waals surface area contributed by atoms with Gasteiger partial charge in [-0.25, -0.2) is 0 Å². The molecule has 0 aromatic carbocycles. The van der Waals surface area contributed by atoms with Crippen molar-refractivity contribution in [3.8, 4) is 0 Å². The highest BCUT2D eigenvalue weighted by atomic mass is 16.2. The number of likely N-dealkylation sites (tertiary alicyclic amines) is 1. The lowest BCUT2D eigenvalue weighted by atomic mass is 9.86. The molecule has 2 rings (SSSR count). The van der Waals surface area contributed by atoms with Crippen LogP contribution < -0.4 is 0 Å². The van der Waals surface area contributed by atoms with Gasteiger partial charge in [-0.15, -0.1) is 0 Å². The van der Waals surface area contributed by atoms with E-state index in [-0.39, 0.29) is 0 Å². The van der Waals surface area contributed by atoms with E-state index in [1.807, 2.05) is 31.3 Å². The summed E-state index contributed by atoms with van der Waals surface area (Å²) < 4.78 is 0. The van der Waals surface area contributed by atoms with E-state index in [0.717, 1.165) is 82.4 Å². The second-order valence-corrected chi connectivity index (χ2v) is 10.1. The van der Waals surface area contributed by atoms with E-state index in [1.54, 1.807) is 0 Å². The van der Waals surface area contributed by atoms with Crippen LogP contribution in [-0.4, -0.2) is 41.1 Å². The number of carbonyl (C=O) groups excluding carboxylic acids is 1. The van der Waals surface area contributed by atoms with Gasteiger partial charge in [0.2, 0.25) is 5.91 Å². The minimum absolute atomic E-state index is 0.302. The molecule has 4 heteroatoms. The fourth-order valence-corrected chi connectivity index (χ4v) is 4.50. The maximum atomic E-state index is 12.7. The summed E-state index contributed by atoms with van der Waals surface area (Å²) in [4.78, 5) is 23.9. The molecule has 1 fully saturated rings. The van der Waals surface area contributed by atoms with Gasteiger partial charge in [-0.3, -0.25) is 14.8 Å². The molecule has 0 bridgehead atoms. The van der Waals surface area contributed by atoms with Crippen molar-refractivity contribution in [2.24, 2.45) is 16.8 Å². The third-order valence-corrected chi connectivity index (χ3v) is 6.95. The van der Waals surface area contributed by atoms with Crippen molar-refractivity contribution < 1.29 is 4.79 Å². The van der Waals surface area contributed by atoms with Crippen molar-refractivity contribution in [1.29, 1.82) is 0 Å². The highest BCUT2D eigenvalue weighted by Gasteiger charge is 2.28. The van der Waals surface area contributed by atoms with Crippen LogP contribution in [0.3, 0.4) is 0 Å². The molecule has 1 aliphatic rings. The van der Waals surface area contributed by atoms with E-state index >= 15 is 0 Å². The largest absolute Gasteiger partial charge is 0.342 e. The summed E-state index contributed by atoms with van der Waals surface area (Å²) in [6, 6.07) is 5.92. The zero-order valence-corrected chi connectivity index (χ0v) is 24.0. The highest BCUT2D eigenvalue weighted by molar-refractivity contribution is 5.96. The number of allylic oxidation sites excluding steroid dienone is 10. The van der Waals surface area contributed by atoms with Crippen LogP contribution in [0.15, 0.2) is 90.1 Å². The number of carbonyl (C=O) groups is 1. The summed E-state index contributed by atoms with van der Waals surface area (Å²) in [6.07, 6.45) is 32.6. The van der Waals surface area contributed by atoms with Crippen molar-refractivity contribution in [2.75, 3.05) is 19.6 Å². The van der Waals surface area contributed by atoms with Crippen LogP contribution in [0.5, 0.6) is 0 Å². The molecule has 38 heavy (non-hydrogen) atoms. The van der Waals surface area contributed by atoms with Crippen molar-refractivity contribution in [1.82, 2.24) is 9.88 Å². The van der Waals surface area contributed by atoms with E-state index in [9.17, 15) is 4.79 Å². The number of rotatable bonds is 16. The van der Waals surface area contributed by atoms with Crippen LogP contribution in [0.2, 0.25) is 0 Å². The molecule has 0 N–H and O–H groups in total. The van der Waals surface area contributed by atoms with Crippen LogP contribution in [0.25, 0.3) is 0 Å². The second-order valence-electron chi connectivity index (χ2n) is 10.1. The van der Waals surface area contributed by atoms with Gasteiger partial charge in [0, 0.05) is 32.3 Å². The quantitative estimate of drug-likeness (QED) is 0.126. The fraction of sp³-hybridized carbons (Fsp3) is 0.500. The zero-order chi connectivity index (χ0) is 27.3. The molecule has 4 nitrogen and oxygen atoms in total. The maximum absolute atomic E-state index is 12.7. The van der Waals surface area contributed by atoms with Gasteiger partial charge in [-0.2, -0.15) is 0 Å². The van der Waals surface area contributed by atoms with E-state index in [0.29, 0.717) is 24.2 Å². The lowest BCUT2D eigenvalue weighted by Crippen LogP contribution is -2.43. The highest BCUT2D eigenvalue weighted by Crippen LogP contribution is 2.24. The minimum Gasteiger partial charge on any atom is -0.342 e. The molecule has 2 unspecified atom stereocenters. The normalized spacial score (nSPS) is 19.2. The van der Waals surface area contributed by atoms with E-state index in [2.05, 4.69) is 84.5 Å². The number of aromatic nitrogens is 1. The van der Waals surface area contributed by atoms with Gasteiger partial charge in [0.15, 0.2) is 0 Å². The molecule has 2 heterocycles. The number of hydrogen-bond donors (Lipinski definition) is 0. The molecule has 2 atom stereocenters. The lowest BCUT2D eigenvalue weighted by Gasteiger charge is -2.36. The Morgan fingerprint density at radius 1 is 0.974 bits per heavy atom. The zero-order valence-electron chi connectivity index (χ0n) is 24.0. The van der Waals surface area contributed by atoms with Crippen molar-refractivity contribution >= 4 is 11.6 Å². The number of nitrogens with zero attached hydrogens (tertiary/aromatic N) is 3. The predicted octanol–water partition coefficient (Wildman–Crippen LogP) is 8.30. The second kappa shape index (κ2) is 20.0. The Morgan fingerprint density at radius 2 is 1.61 bits per heavy atom. The molecule has 0 saturated carbocycles. The van der Waals surface area contributed by atoms with Gasteiger partial charge in [0.25, 0.3) is 0 Å². The molecule has 0 radical (unpaired) electrons. The molecular formula is C34H49N3O. The maximum Gasteiger partial charge on any atom is 0.222 e. The van der Waals surface area contributed by atoms with Gasteiger partial charge >= 0.3 is 0 Å². The summed E-state index contributed by atoms with van der Waals surface area (Å²) in [5.74, 6) is 1.30. The molecule has 0 aliphatic carbocycles. The molecule has 1 aliphatic heterocycles. The minimum atomic E-state index is 0.302. The average Bonchev–Trinajstić information content (AvgIpc) is 2.94. The van der Waals surface area contributed by atoms with Gasteiger partial charge in [0.05, 0.1) is 11.4 Å². The van der Waals surface area contributed by atoms with E-state index < -0.39 is 0 Å². The molecule has 1 aromatic heterocycles. The third-order valence-electron chi connectivity index (χ3n) is 6.95. The standard InChI is InChI=1S/C34H49N3O/c1-4-5-6-7-8-9-10-11-12-13-14-15-16-17-18-19-20-24-34(38)37-27-25-32(30(2)29-37)28-36-31(3)33-23-21-22-26-35-33/h5-6,8-9,11-12,14-15,17-18,21-23,26,30,32H,4,7,10,13,16,19-20,24-25,27-29H2,1-3H3. The Morgan fingerprint density at radius 3 is 2.18 bits per heavy atom. The summed E-state index contributed by atoms with van der Waals surface area (Å²) in [5, 5.41) is 0. The predicted molar refractivity (Wildman–Crippen MR) is 163 cm³/mol. The first kappa shape index (κ1) is 31.2. The van der Waals surface area contributed by atoms with Crippen LogP contribution in [-0.2, 0) is 4.79 Å². The molecule has 1 saturated heterocycles. The monoisotopic (exact) mass is 515 g/mol. The Hall–Kier alpha value is -3.01. The van der Waals surface area contributed by atoms with Crippen LogP contribution >= 0.6 is 0 Å². The SMILES string of the molecule is CCC=CCC=CCC=CCC=CCC=CCCCC(=O)N1CCC(CN=C(C)c2ccccn2)C(C)C1. The van der Waals surface area contributed by atoms with Crippen LogP contribution in [0.4, 0.5) is 0 Å². The van der Waals surface area contributed by atoms with Gasteiger partial charge in [-0.1, -0.05) is 80.7 Å². The summed E-state index contributed by atoms with van der Waals surface area (Å²) >= 11 is 0.